The number of ether oxygens (including phenoxy) is 1. The van der Waals surface area contributed by atoms with Gasteiger partial charge in [0.1, 0.15) is 0 Å². The molecule has 0 saturated heterocycles. The zero-order valence-corrected chi connectivity index (χ0v) is 9.45. The van der Waals surface area contributed by atoms with Gasteiger partial charge in [-0.05, 0) is 24.3 Å². The molecule has 96 valence electrons. The van der Waals surface area contributed by atoms with Crippen LogP contribution in [0.5, 0.6) is 11.5 Å². The second-order valence-electron chi connectivity index (χ2n) is 3.64. The fourth-order valence-electron chi connectivity index (χ4n) is 1.46. The van der Waals surface area contributed by atoms with Crippen LogP contribution in [0.3, 0.4) is 0 Å². The summed E-state index contributed by atoms with van der Waals surface area (Å²) in [6.07, 6.45) is 0. The first-order valence-electron chi connectivity index (χ1n) is 5.14. The molecule has 0 amide bonds. The highest BCUT2D eigenvalue weighted by atomic mass is 19.1. The molecule has 6 heteroatoms. The number of para-hydroxylation sites is 1. The van der Waals surface area contributed by atoms with Crippen molar-refractivity contribution in [3.8, 4) is 17.6 Å². The van der Waals surface area contributed by atoms with E-state index in [1.165, 1.54) is 12.1 Å². The van der Waals surface area contributed by atoms with E-state index in [1.54, 1.807) is 6.07 Å². The minimum atomic E-state index is -1.11. The van der Waals surface area contributed by atoms with E-state index in [1.807, 2.05) is 0 Å². The van der Waals surface area contributed by atoms with E-state index >= 15 is 0 Å². The third kappa shape index (κ3) is 2.45. The monoisotopic (exact) mass is 264 g/mol. The van der Waals surface area contributed by atoms with E-state index in [0.717, 1.165) is 18.2 Å². The average Bonchev–Trinajstić information content (AvgIpc) is 2.36. The number of benzene rings is 2. The van der Waals surface area contributed by atoms with Crippen molar-refractivity contribution in [1.29, 1.82) is 5.26 Å². The largest absolute Gasteiger partial charge is 0.446 e. The molecule has 0 heterocycles. The van der Waals surface area contributed by atoms with Gasteiger partial charge in [-0.25, -0.2) is 13.2 Å². The lowest BCUT2D eigenvalue weighted by atomic mass is 10.2. The van der Waals surface area contributed by atoms with Crippen LogP contribution in [0.25, 0.3) is 0 Å². The van der Waals surface area contributed by atoms with Gasteiger partial charge >= 0.3 is 0 Å². The van der Waals surface area contributed by atoms with Gasteiger partial charge in [-0.15, -0.1) is 0 Å². The number of nitrogen functional groups attached to an aromatic ring is 1. The quantitative estimate of drug-likeness (QED) is 0.846. The maximum absolute atomic E-state index is 13.6. The Morgan fingerprint density at radius 2 is 1.63 bits per heavy atom. The van der Waals surface area contributed by atoms with E-state index in [-0.39, 0.29) is 11.3 Å². The lowest BCUT2D eigenvalue weighted by molar-refractivity contribution is 0.389. The first-order valence-corrected chi connectivity index (χ1v) is 5.14. The summed E-state index contributed by atoms with van der Waals surface area (Å²) in [5, 5.41) is 8.55. The van der Waals surface area contributed by atoms with Gasteiger partial charge in [-0.2, -0.15) is 5.26 Å². The van der Waals surface area contributed by atoms with Crippen molar-refractivity contribution in [3.05, 3.63) is 53.3 Å². The smallest absolute Gasteiger partial charge is 0.198 e. The second-order valence-corrected chi connectivity index (χ2v) is 3.64. The number of nitriles is 1. The molecule has 2 aromatic carbocycles. The van der Waals surface area contributed by atoms with Crippen LogP contribution in [0.4, 0.5) is 18.9 Å². The van der Waals surface area contributed by atoms with Gasteiger partial charge in [0, 0.05) is 0 Å². The molecule has 2 rings (SSSR count). The van der Waals surface area contributed by atoms with Crippen molar-refractivity contribution in [2.75, 3.05) is 5.73 Å². The van der Waals surface area contributed by atoms with Gasteiger partial charge in [0.2, 0.25) is 0 Å². The van der Waals surface area contributed by atoms with Gasteiger partial charge in [-0.1, -0.05) is 6.07 Å². The molecule has 2 aromatic rings. The topological polar surface area (TPSA) is 59.0 Å². The minimum Gasteiger partial charge on any atom is -0.446 e. The normalized spacial score (nSPS) is 10.0. The molecule has 0 aromatic heterocycles. The summed E-state index contributed by atoms with van der Waals surface area (Å²) in [5.74, 6) is -4.35. The summed E-state index contributed by atoms with van der Waals surface area (Å²) < 4.78 is 45.4. The molecular weight excluding hydrogens is 257 g/mol. The van der Waals surface area contributed by atoms with Crippen LogP contribution in [-0.4, -0.2) is 0 Å². The van der Waals surface area contributed by atoms with Crippen molar-refractivity contribution in [2.24, 2.45) is 0 Å². The van der Waals surface area contributed by atoms with Crippen LogP contribution in [0.1, 0.15) is 5.56 Å². The summed E-state index contributed by atoms with van der Waals surface area (Å²) >= 11 is 0. The average molecular weight is 264 g/mol. The van der Waals surface area contributed by atoms with Crippen molar-refractivity contribution in [2.45, 2.75) is 0 Å². The Morgan fingerprint density at radius 3 is 2.16 bits per heavy atom. The number of rotatable bonds is 2. The third-order valence-corrected chi connectivity index (χ3v) is 2.33. The fourth-order valence-corrected chi connectivity index (χ4v) is 1.46. The first-order chi connectivity index (χ1) is 9.02. The molecular formula is C13H7F3N2O. The van der Waals surface area contributed by atoms with Crippen LogP contribution in [-0.2, 0) is 0 Å². The van der Waals surface area contributed by atoms with Gasteiger partial charge in [0.15, 0.2) is 29.0 Å². The van der Waals surface area contributed by atoms with Crippen molar-refractivity contribution in [1.82, 2.24) is 0 Å². The highest BCUT2D eigenvalue weighted by Gasteiger charge is 2.17. The predicted octanol–water partition coefficient (Wildman–Crippen LogP) is 3.35. The van der Waals surface area contributed by atoms with Crippen LogP contribution in [0.15, 0.2) is 30.3 Å². The number of halogens is 3. The number of nitrogens with two attached hydrogens (primary N) is 1. The fraction of sp³-hybridized carbons (Fsp3) is 0. The van der Waals surface area contributed by atoms with E-state index in [0.29, 0.717) is 0 Å². The molecule has 0 aliphatic heterocycles. The zero-order chi connectivity index (χ0) is 14.0. The molecule has 0 aliphatic carbocycles. The molecule has 3 nitrogen and oxygen atoms in total. The predicted molar refractivity (Wildman–Crippen MR) is 62.0 cm³/mol. The Morgan fingerprint density at radius 1 is 1.00 bits per heavy atom. The maximum Gasteiger partial charge on any atom is 0.198 e. The lowest BCUT2D eigenvalue weighted by Gasteiger charge is -2.10. The van der Waals surface area contributed by atoms with Gasteiger partial charge in [0.25, 0.3) is 0 Å². The summed E-state index contributed by atoms with van der Waals surface area (Å²) in [6.45, 7) is 0. The number of hydrogen-bond acceptors (Lipinski definition) is 3. The Kier molecular flexibility index (Phi) is 3.29. The lowest BCUT2D eigenvalue weighted by Crippen LogP contribution is -1.99. The Hall–Kier alpha value is -2.68. The summed E-state index contributed by atoms with van der Waals surface area (Å²) in [7, 11) is 0. The second kappa shape index (κ2) is 4.90. The van der Waals surface area contributed by atoms with E-state index < -0.39 is 29.0 Å². The van der Waals surface area contributed by atoms with Crippen LogP contribution < -0.4 is 10.5 Å². The van der Waals surface area contributed by atoms with Gasteiger partial charge in [-0.3, -0.25) is 0 Å². The standard InChI is InChI=1S/C13H7F3N2O/c14-8-2-1-3-11(18)13(8)19-12-9(15)4-7(6-17)5-10(12)16/h1-5H,18H2. The molecule has 0 atom stereocenters. The van der Waals surface area contributed by atoms with E-state index in [2.05, 4.69) is 0 Å². The SMILES string of the molecule is N#Cc1cc(F)c(Oc2c(N)cccc2F)c(F)c1. The highest BCUT2D eigenvalue weighted by Crippen LogP contribution is 2.33. The van der Waals surface area contributed by atoms with E-state index in [9.17, 15) is 13.2 Å². The van der Waals surface area contributed by atoms with Crippen molar-refractivity contribution in [3.63, 3.8) is 0 Å². The summed E-state index contributed by atoms with van der Waals surface area (Å²) in [5.41, 5.74) is 5.16. The van der Waals surface area contributed by atoms with Gasteiger partial charge < -0.3 is 10.5 Å². The number of anilines is 1. The molecule has 19 heavy (non-hydrogen) atoms. The summed E-state index contributed by atoms with van der Waals surface area (Å²) in [4.78, 5) is 0. The summed E-state index contributed by atoms with van der Waals surface area (Å²) in [6, 6.07) is 6.88. The highest BCUT2D eigenvalue weighted by molar-refractivity contribution is 5.55. The van der Waals surface area contributed by atoms with Crippen molar-refractivity contribution < 1.29 is 17.9 Å². The van der Waals surface area contributed by atoms with Crippen molar-refractivity contribution >= 4 is 5.69 Å². The van der Waals surface area contributed by atoms with E-state index in [4.69, 9.17) is 15.7 Å². The molecule has 2 N–H and O–H groups in total. The molecule has 0 aliphatic rings. The number of nitrogens with zero attached hydrogens (tertiary/aromatic N) is 1. The third-order valence-electron chi connectivity index (χ3n) is 2.33. The zero-order valence-electron chi connectivity index (χ0n) is 9.45. The maximum atomic E-state index is 13.6. The number of hydrogen-bond donors (Lipinski definition) is 1. The molecule has 0 unspecified atom stereocenters. The van der Waals surface area contributed by atoms with Crippen LogP contribution >= 0.6 is 0 Å². The molecule has 0 saturated carbocycles. The Balaban J connectivity index is 2.48. The van der Waals surface area contributed by atoms with Crippen LogP contribution in [0.2, 0.25) is 0 Å². The first kappa shape index (κ1) is 12.8. The van der Waals surface area contributed by atoms with Crippen LogP contribution in [0, 0.1) is 28.8 Å². The Labute approximate surface area is 106 Å². The van der Waals surface area contributed by atoms with Gasteiger partial charge in [0.05, 0.1) is 17.3 Å². The molecule has 0 fully saturated rings. The molecule has 0 spiro atoms. The molecule has 0 radical (unpaired) electrons. The Bertz CT molecular complexity index is 637. The molecule has 0 bridgehead atoms. The minimum absolute atomic E-state index is 0.0943.